The largest absolute Gasteiger partial charge is 0.394 e. The molecule has 0 saturated carbocycles. The highest BCUT2D eigenvalue weighted by molar-refractivity contribution is 5.94. The summed E-state index contributed by atoms with van der Waals surface area (Å²) in [5.41, 5.74) is 1.24. The van der Waals surface area contributed by atoms with Gasteiger partial charge in [-0.15, -0.1) is 0 Å². The molecular formula is C11H15F2N3O2. The second kappa shape index (κ2) is 5.74. The van der Waals surface area contributed by atoms with Crippen molar-refractivity contribution in [3.05, 3.63) is 29.3 Å². The van der Waals surface area contributed by atoms with E-state index in [0.717, 1.165) is 12.1 Å². The van der Waals surface area contributed by atoms with Crippen LogP contribution in [-0.2, 0) is 0 Å². The van der Waals surface area contributed by atoms with Gasteiger partial charge in [-0.05, 0) is 19.1 Å². The number of nitrogens with one attached hydrogen (secondary N) is 1. The standard InChI is InChI=1S/C11H15F2N3O2/c1-6(5-17)16(2)11(18)7-3-8(12)10(15-14)9(13)4-7/h3-4,6,15,17H,5,14H2,1-2H3. The fraction of sp³-hybridized carbons (Fsp3) is 0.364. The molecule has 5 nitrogen and oxygen atoms in total. The number of carbonyl (C=O) groups is 1. The first-order chi connectivity index (χ1) is 8.42. The Bertz CT molecular complexity index is 431. The molecule has 0 spiro atoms. The Balaban J connectivity index is 3.08. The predicted octanol–water partition coefficient (Wildman–Crippen LogP) is 0.703. The van der Waals surface area contributed by atoms with Crippen LogP contribution in [0.5, 0.6) is 0 Å². The van der Waals surface area contributed by atoms with E-state index in [1.54, 1.807) is 6.92 Å². The number of nitrogen functional groups attached to an aromatic ring is 1. The maximum absolute atomic E-state index is 13.4. The number of hydrazine groups is 1. The normalized spacial score (nSPS) is 12.1. The number of amides is 1. The topological polar surface area (TPSA) is 78.6 Å². The van der Waals surface area contributed by atoms with Crippen LogP contribution in [0.1, 0.15) is 17.3 Å². The molecule has 1 rings (SSSR count). The van der Waals surface area contributed by atoms with Crippen LogP contribution in [0.3, 0.4) is 0 Å². The van der Waals surface area contributed by atoms with Crippen LogP contribution in [0.4, 0.5) is 14.5 Å². The van der Waals surface area contributed by atoms with Gasteiger partial charge in [-0.3, -0.25) is 10.6 Å². The number of hydrogen-bond acceptors (Lipinski definition) is 4. The van der Waals surface area contributed by atoms with Gasteiger partial charge in [0.2, 0.25) is 0 Å². The van der Waals surface area contributed by atoms with Crippen molar-refractivity contribution in [2.75, 3.05) is 19.1 Å². The van der Waals surface area contributed by atoms with E-state index in [1.807, 2.05) is 5.43 Å². The van der Waals surface area contributed by atoms with E-state index in [4.69, 9.17) is 10.9 Å². The number of rotatable bonds is 4. The molecule has 1 unspecified atom stereocenters. The van der Waals surface area contributed by atoms with E-state index in [1.165, 1.54) is 11.9 Å². The summed E-state index contributed by atoms with van der Waals surface area (Å²) in [6.07, 6.45) is 0. The highest BCUT2D eigenvalue weighted by atomic mass is 19.1. The number of benzene rings is 1. The average Bonchev–Trinajstić information content (AvgIpc) is 2.35. The van der Waals surface area contributed by atoms with Gasteiger partial charge in [0, 0.05) is 12.6 Å². The SMILES string of the molecule is CC(CO)N(C)C(=O)c1cc(F)c(NN)c(F)c1. The number of aliphatic hydroxyl groups excluding tert-OH is 1. The number of nitrogens with zero attached hydrogens (tertiary/aromatic N) is 1. The van der Waals surface area contributed by atoms with Gasteiger partial charge in [0.1, 0.15) is 5.69 Å². The molecule has 4 N–H and O–H groups in total. The molecule has 1 aromatic rings. The summed E-state index contributed by atoms with van der Waals surface area (Å²) >= 11 is 0. The van der Waals surface area contributed by atoms with E-state index in [9.17, 15) is 13.6 Å². The van der Waals surface area contributed by atoms with Crippen LogP contribution in [0, 0.1) is 11.6 Å². The van der Waals surface area contributed by atoms with E-state index < -0.39 is 29.3 Å². The van der Waals surface area contributed by atoms with Crippen molar-refractivity contribution in [1.29, 1.82) is 0 Å². The fourth-order valence-corrected chi connectivity index (χ4v) is 1.36. The first-order valence-corrected chi connectivity index (χ1v) is 5.26. The Hall–Kier alpha value is -1.73. The third-order valence-electron chi connectivity index (χ3n) is 2.68. The van der Waals surface area contributed by atoms with E-state index in [0.29, 0.717) is 0 Å². The summed E-state index contributed by atoms with van der Waals surface area (Å²) in [5.74, 6) is 2.46. The summed E-state index contributed by atoms with van der Waals surface area (Å²) in [6.45, 7) is 1.37. The molecule has 0 aliphatic rings. The van der Waals surface area contributed by atoms with Crippen LogP contribution in [0.25, 0.3) is 0 Å². The third kappa shape index (κ3) is 2.74. The summed E-state index contributed by atoms with van der Waals surface area (Å²) < 4.78 is 26.8. The number of halogens is 2. The maximum Gasteiger partial charge on any atom is 0.254 e. The van der Waals surface area contributed by atoms with E-state index >= 15 is 0 Å². The summed E-state index contributed by atoms with van der Waals surface area (Å²) in [4.78, 5) is 13.1. The molecule has 1 aromatic carbocycles. The molecule has 100 valence electrons. The Morgan fingerprint density at radius 3 is 2.39 bits per heavy atom. The average molecular weight is 259 g/mol. The Morgan fingerprint density at radius 2 is 2.00 bits per heavy atom. The van der Waals surface area contributed by atoms with Gasteiger partial charge < -0.3 is 15.4 Å². The van der Waals surface area contributed by atoms with Crippen molar-refractivity contribution in [3.8, 4) is 0 Å². The van der Waals surface area contributed by atoms with Gasteiger partial charge in [0.25, 0.3) is 5.91 Å². The van der Waals surface area contributed by atoms with Crippen molar-refractivity contribution in [3.63, 3.8) is 0 Å². The molecule has 0 bridgehead atoms. The molecule has 0 fully saturated rings. The maximum atomic E-state index is 13.4. The number of anilines is 1. The lowest BCUT2D eigenvalue weighted by atomic mass is 10.1. The smallest absolute Gasteiger partial charge is 0.254 e. The van der Waals surface area contributed by atoms with Gasteiger partial charge in [0.15, 0.2) is 11.6 Å². The van der Waals surface area contributed by atoms with Crippen LogP contribution < -0.4 is 11.3 Å². The lowest BCUT2D eigenvalue weighted by molar-refractivity contribution is 0.0681. The zero-order valence-electron chi connectivity index (χ0n) is 10.1. The second-order valence-electron chi connectivity index (χ2n) is 3.91. The Morgan fingerprint density at radius 1 is 1.50 bits per heavy atom. The Kier molecular flexibility index (Phi) is 4.57. The molecule has 0 aromatic heterocycles. The Labute approximate surface area is 103 Å². The van der Waals surface area contributed by atoms with Crippen LogP contribution in [0.15, 0.2) is 12.1 Å². The van der Waals surface area contributed by atoms with Crippen molar-refractivity contribution in [1.82, 2.24) is 4.90 Å². The molecular weight excluding hydrogens is 244 g/mol. The number of hydrogen-bond donors (Lipinski definition) is 3. The lowest BCUT2D eigenvalue weighted by Crippen LogP contribution is -2.37. The third-order valence-corrected chi connectivity index (χ3v) is 2.68. The molecule has 18 heavy (non-hydrogen) atoms. The number of likely N-dealkylation sites (N-methyl/N-ethyl adjacent to an activating group) is 1. The monoisotopic (exact) mass is 259 g/mol. The number of carbonyl (C=O) groups excluding carboxylic acids is 1. The first-order valence-electron chi connectivity index (χ1n) is 5.26. The molecule has 1 amide bonds. The van der Waals surface area contributed by atoms with Crippen molar-refractivity contribution < 1.29 is 18.7 Å². The highest BCUT2D eigenvalue weighted by Crippen LogP contribution is 2.20. The molecule has 7 heteroatoms. The molecule has 1 atom stereocenters. The van der Waals surface area contributed by atoms with Crippen molar-refractivity contribution in [2.45, 2.75) is 13.0 Å². The van der Waals surface area contributed by atoms with Gasteiger partial charge >= 0.3 is 0 Å². The zero-order valence-corrected chi connectivity index (χ0v) is 10.1. The number of nitrogens with two attached hydrogens (primary N) is 1. The molecule has 0 radical (unpaired) electrons. The summed E-state index contributed by atoms with van der Waals surface area (Å²) in [7, 11) is 1.44. The lowest BCUT2D eigenvalue weighted by Gasteiger charge is -2.23. The molecule has 0 aliphatic heterocycles. The predicted molar refractivity (Wildman–Crippen MR) is 62.8 cm³/mol. The molecule has 0 saturated heterocycles. The van der Waals surface area contributed by atoms with Crippen molar-refractivity contribution >= 4 is 11.6 Å². The minimum atomic E-state index is -0.953. The molecule has 0 aliphatic carbocycles. The highest BCUT2D eigenvalue weighted by Gasteiger charge is 2.20. The first kappa shape index (κ1) is 14.3. The van der Waals surface area contributed by atoms with Crippen LogP contribution in [0.2, 0.25) is 0 Å². The van der Waals surface area contributed by atoms with E-state index in [2.05, 4.69) is 0 Å². The fourth-order valence-electron chi connectivity index (χ4n) is 1.36. The van der Waals surface area contributed by atoms with Crippen LogP contribution >= 0.6 is 0 Å². The summed E-state index contributed by atoms with van der Waals surface area (Å²) in [5, 5.41) is 8.92. The molecule has 0 heterocycles. The second-order valence-corrected chi connectivity index (χ2v) is 3.91. The van der Waals surface area contributed by atoms with Crippen molar-refractivity contribution in [2.24, 2.45) is 5.84 Å². The zero-order chi connectivity index (χ0) is 13.9. The van der Waals surface area contributed by atoms with Gasteiger partial charge in [0.05, 0.1) is 12.6 Å². The van der Waals surface area contributed by atoms with Gasteiger partial charge in [-0.2, -0.15) is 0 Å². The van der Waals surface area contributed by atoms with E-state index in [-0.39, 0.29) is 12.2 Å². The minimum absolute atomic E-state index is 0.146. The van der Waals surface area contributed by atoms with Crippen LogP contribution in [-0.4, -0.2) is 35.6 Å². The van der Waals surface area contributed by atoms with Gasteiger partial charge in [-0.1, -0.05) is 0 Å². The number of aliphatic hydroxyl groups is 1. The quantitative estimate of drug-likeness (QED) is 0.549. The minimum Gasteiger partial charge on any atom is -0.394 e. The van der Waals surface area contributed by atoms with Gasteiger partial charge in [-0.25, -0.2) is 8.78 Å². The summed E-state index contributed by atoms with van der Waals surface area (Å²) in [6, 6.07) is 1.33.